The Balaban J connectivity index is 1.73. The normalized spacial score (nSPS) is 20.3. The second-order valence-electron chi connectivity index (χ2n) is 4.52. The van der Waals surface area contributed by atoms with Crippen LogP contribution in [0.1, 0.15) is 27.3 Å². The highest BCUT2D eigenvalue weighted by Gasteiger charge is 2.31. The van der Waals surface area contributed by atoms with Crippen LogP contribution in [0.3, 0.4) is 0 Å². The fourth-order valence-corrected chi connectivity index (χ4v) is 3.27. The Morgan fingerprint density at radius 2 is 2.44 bits per heavy atom. The summed E-state index contributed by atoms with van der Waals surface area (Å²) in [4.78, 5) is 19.7. The first-order chi connectivity index (χ1) is 8.78. The molecule has 98 valence electrons. The van der Waals surface area contributed by atoms with Crippen molar-refractivity contribution in [3.05, 3.63) is 15.6 Å². The molecule has 0 saturated carbocycles. The Kier molecular flexibility index (Phi) is 3.32. The number of hydrogen-bond acceptors (Lipinski definition) is 6. The number of aromatic nitrogens is 1. The zero-order valence-corrected chi connectivity index (χ0v) is 11.2. The van der Waals surface area contributed by atoms with Crippen molar-refractivity contribution < 1.29 is 14.3 Å². The van der Waals surface area contributed by atoms with Crippen LogP contribution in [0.5, 0.6) is 0 Å². The van der Waals surface area contributed by atoms with E-state index in [0.29, 0.717) is 17.7 Å². The van der Waals surface area contributed by atoms with Gasteiger partial charge in [-0.2, -0.15) is 0 Å². The van der Waals surface area contributed by atoms with Crippen molar-refractivity contribution in [1.82, 2.24) is 9.88 Å². The minimum Gasteiger partial charge on any atom is -0.461 e. The van der Waals surface area contributed by atoms with E-state index in [9.17, 15) is 4.79 Å². The Hall–Kier alpha value is -0.980. The summed E-state index contributed by atoms with van der Waals surface area (Å²) in [6, 6.07) is 0.547. The van der Waals surface area contributed by atoms with Gasteiger partial charge in [0, 0.05) is 24.4 Å². The smallest absolute Gasteiger partial charge is 0.367 e. The Morgan fingerprint density at radius 1 is 1.61 bits per heavy atom. The first-order valence-electron chi connectivity index (χ1n) is 6.25. The molecule has 0 atom stereocenters. The Bertz CT molecular complexity index is 456. The molecule has 0 radical (unpaired) electrons. The lowest BCUT2D eigenvalue weighted by Gasteiger charge is -2.38. The van der Waals surface area contributed by atoms with Crippen LogP contribution in [-0.4, -0.2) is 48.3 Å². The first-order valence-corrected chi connectivity index (χ1v) is 7.07. The molecule has 0 N–H and O–H groups in total. The fraction of sp³-hybridized carbons (Fsp3) is 0.667. The van der Waals surface area contributed by atoms with E-state index in [1.807, 2.05) is 6.92 Å². The van der Waals surface area contributed by atoms with Gasteiger partial charge in [0.25, 0.3) is 0 Å². The molecule has 5 nitrogen and oxygen atoms in total. The molecule has 1 saturated heterocycles. The molecule has 3 heterocycles. The van der Waals surface area contributed by atoms with Crippen LogP contribution in [0.4, 0.5) is 0 Å². The van der Waals surface area contributed by atoms with Crippen LogP contribution in [0.25, 0.3) is 0 Å². The van der Waals surface area contributed by atoms with Gasteiger partial charge in [-0.05, 0) is 6.92 Å². The molecule has 0 aliphatic carbocycles. The van der Waals surface area contributed by atoms with Crippen LogP contribution in [0.15, 0.2) is 0 Å². The van der Waals surface area contributed by atoms with Gasteiger partial charge >= 0.3 is 5.97 Å². The van der Waals surface area contributed by atoms with E-state index in [4.69, 9.17) is 9.47 Å². The third-order valence-corrected chi connectivity index (χ3v) is 4.41. The van der Waals surface area contributed by atoms with Crippen LogP contribution >= 0.6 is 11.3 Å². The number of nitrogens with zero attached hydrogens (tertiary/aromatic N) is 2. The summed E-state index contributed by atoms with van der Waals surface area (Å²) in [7, 11) is 0. The monoisotopic (exact) mass is 268 g/mol. The van der Waals surface area contributed by atoms with Gasteiger partial charge < -0.3 is 9.47 Å². The number of esters is 1. The van der Waals surface area contributed by atoms with Gasteiger partial charge in [-0.3, -0.25) is 4.90 Å². The molecule has 0 spiro atoms. The summed E-state index contributed by atoms with van der Waals surface area (Å²) in [6.07, 6.45) is 0.918. The molecule has 0 aromatic carbocycles. The highest BCUT2D eigenvalue weighted by atomic mass is 32.1. The molecule has 0 amide bonds. The minimum absolute atomic E-state index is 0.296. The van der Waals surface area contributed by atoms with Gasteiger partial charge in [0.05, 0.1) is 31.6 Å². The summed E-state index contributed by atoms with van der Waals surface area (Å²) >= 11 is 1.47. The SMILES string of the molecule is CCOC(=O)c1nc2c(s1)CN(C1COC1)CC2. The predicted molar refractivity (Wildman–Crippen MR) is 66.8 cm³/mol. The zero-order chi connectivity index (χ0) is 12.5. The van der Waals surface area contributed by atoms with E-state index >= 15 is 0 Å². The standard InChI is InChI=1S/C12H16N2O3S/c1-2-17-12(15)11-13-9-3-4-14(5-10(9)18-11)8-6-16-7-8/h8H,2-7H2,1H3. The summed E-state index contributed by atoms with van der Waals surface area (Å²) in [5.41, 5.74) is 1.07. The molecule has 2 aliphatic heterocycles. The topological polar surface area (TPSA) is 51.7 Å². The molecule has 0 unspecified atom stereocenters. The van der Waals surface area contributed by atoms with Gasteiger partial charge in [0.15, 0.2) is 0 Å². The van der Waals surface area contributed by atoms with Crippen LogP contribution in [0.2, 0.25) is 0 Å². The maximum atomic E-state index is 11.6. The third kappa shape index (κ3) is 2.15. The highest BCUT2D eigenvalue weighted by Crippen LogP contribution is 2.28. The largest absolute Gasteiger partial charge is 0.461 e. The maximum Gasteiger partial charge on any atom is 0.367 e. The molecule has 6 heteroatoms. The molecule has 3 rings (SSSR count). The highest BCUT2D eigenvalue weighted by molar-refractivity contribution is 7.13. The number of ether oxygens (including phenoxy) is 2. The van der Waals surface area contributed by atoms with Crippen LogP contribution < -0.4 is 0 Å². The van der Waals surface area contributed by atoms with E-state index < -0.39 is 0 Å². The van der Waals surface area contributed by atoms with Crippen LogP contribution in [-0.2, 0) is 22.4 Å². The summed E-state index contributed by atoms with van der Waals surface area (Å²) < 4.78 is 10.2. The second-order valence-corrected chi connectivity index (χ2v) is 5.60. The average Bonchev–Trinajstić information content (AvgIpc) is 2.70. The number of carbonyl (C=O) groups is 1. The molecule has 18 heavy (non-hydrogen) atoms. The van der Waals surface area contributed by atoms with Crippen molar-refractivity contribution in [2.24, 2.45) is 0 Å². The molecule has 0 bridgehead atoms. The van der Waals surface area contributed by atoms with Crippen molar-refractivity contribution in [3.8, 4) is 0 Å². The van der Waals surface area contributed by atoms with E-state index in [1.54, 1.807) is 0 Å². The lowest BCUT2D eigenvalue weighted by Crippen LogP contribution is -2.50. The molecule has 1 aromatic heterocycles. The maximum absolute atomic E-state index is 11.6. The number of carbonyl (C=O) groups excluding carboxylic acids is 1. The number of hydrogen-bond donors (Lipinski definition) is 0. The molecular weight excluding hydrogens is 252 g/mol. The second kappa shape index (κ2) is 4.95. The number of rotatable bonds is 3. The van der Waals surface area contributed by atoms with Crippen molar-refractivity contribution >= 4 is 17.3 Å². The molecule has 1 fully saturated rings. The summed E-state index contributed by atoms with van der Waals surface area (Å²) in [5, 5.41) is 0.494. The van der Waals surface area contributed by atoms with E-state index in [-0.39, 0.29) is 5.97 Å². The van der Waals surface area contributed by atoms with Gasteiger partial charge in [-0.25, -0.2) is 9.78 Å². The van der Waals surface area contributed by atoms with Crippen LogP contribution in [0, 0.1) is 0 Å². The van der Waals surface area contributed by atoms with Crippen molar-refractivity contribution in [3.63, 3.8) is 0 Å². The number of fused-ring (bicyclic) bond motifs is 1. The third-order valence-electron chi connectivity index (χ3n) is 3.35. The Labute approximate surface area is 110 Å². The lowest BCUT2D eigenvalue weighted by molar-refractivity contribution is -0.0692. The summed E-state index contributed by atoms with van der Waals surface area (Å²) in [5.74, 6) is -0.296. The van der Waals surface area contributed by atoms with E-state index in [1.165, 1.54) is 16.2 Å². The fourth-order valence-electron chi connectivity index (χ4n) is 2.24. The van der Waals surface area contributed by atoms with Gasteiger partial charge in [-0.15, -0.1) is 11.3 Å². The van der Waals surface area contributed by atoms with Gasteiger partial charge in [-0.1, -0.05) is 0 Å². The minimum atomic E-state index is -0.296. The molecule has 2 aliphatic rings. The first kappa shape index (κ1) is 12.1. The van der Waals surface area contributed by atoms with Crippen molar-refractivity contribution in [2.45, 2.75) is 25.9 Å². The predicted octanol–water partition coefficient (Wildman–Crippen LogP) is 1.08. The summed E-state index contributed by atoms with van der Waals surface area (Å²) in [6.45, 7) is 5.77. The van der Waals surface area contributed by atoms with Gasteiger partial charge in [0.1, 0.15) is 0 Å². The van der Waals surface area contributed by atoms with Crippen molar-refractivity contribution in [1.29, 1.82) is 0 Å². The van der Waals surface area contributed by atoms with E-state index in [2.05, 4.69) is 9.88 Å². The van der Waals surface area contributed by atoms with Crippen molar-refractivity contribution in [2.75, 3.05) is 26.4 Å². The average molecular weight is 268 g/mol. The van der Waals surface area contributed by atoms with E-state index in [0.717, 1.165) is 38.4 Å². The lowest BCUT2D eigenvalue weighted by atomic mass is 10.1. The quantitative estimate of drug-likeness (QED) is 0.768. The molecule has 1 aromatic rings. The van der Waals surface area contributed by atoms with Gasteiger partial charge in [0.2, 0.25) is 5.01 Å². The number of thiazole rings is 1. The zero-order valence-electron chi connectivity index (χ0n) is 10.3. The molecular formula is C12H16N2O3S. The Morgan fingerprint density at radius 3 is 3.11 bits per heavy atom.